The lowest BCUT2D eigenvalue weighted by molar-refractivity contribution is -0.118. The SMILES string of the molecule is CC1=Cc2ccc(Br)cc2C(=O)C1c1nc(SCC(=O)N/N=C/c2ccccc2Cl)n[nH]1. The lowest BCUT2D eigenvalue weighted by atomic mass is 9.82. The fraction of sp³-hybridized carbons (Fsp3) is 0.136. The highest BCUT2D eigenvalue weighted by Gasteiger charge is 2.32. The van der Waals surface area contributed by atoms with Crippen molar-refractivity contribution in [3.63, 3.8) is 0 Å². The van der Waals surface area contributed by atoms with Gasteiger partial charge in [0.2, 0.25) is 5.16 Å². The number of hydrazone groups is 1. The minimum Gasteiger partial charge on any atom is -0.293 e. The molecule has 32 heavy (non-hydrogen) atoms. The zero-order chi connectivity index (χ0) is 22.7. The molecule has 3 aromatic rings. The van der Waals surface area contributed by atoms with Gasteiger partial charge in [0.1, 0.15) is 11.7 Å². The number of nitrogens with zero attached hydrogens (tertiary/aromatic N) is 3. The van der Waals surface area contributed by atoms with Crippen molar-refractivity contribution in [3.05, 3.63) is 80.0 Å². The van der Waals surface area contributed by atoms with Crippen LogP contribution in [0, 0.1) is 0 Å². The van der Waals surface area contributed by atoms with E-state index in [0.29, 0.717) is 27.1 Å². The van der Waals surface area contributed by atoms with Crippen molar-refractivity contribution in [3.8, 4) is 0 Å². The van der Waals surface area contributed by atoms with E-state index >= 15 is 0 Å². The van der Waals surface area contributed by atoms with E-state index < -0.39 is 5.92 Å². The summed E-state index contributed by atoms with van der Waals surface area (Å²) in [7, 11) is 0. The number of halogens is 2. The molecule has 0 aliphatic heterocycles. The number of Topliss-reactive ketones (excluding diaryl/α,β-unsaturated/α-hetero) is 1. The number of nitrogens with one attached hydrogen (secondary N) is 2. The molecular formula is C22H17BrClN5O2S. The number of hydrogen-bond acceptors (Lipinski definition) is 6. The molecule has 1 aromatic heterocycles. The first-order valence-corrected chi connectivity index (χ1v) is 11.7. The number of aromatic nitrogens is 3. The number of amides is 1. The molecule has 0 bridgehead atoms. The molecule has 0 spiro atoms. The number of thioether (sulfide) groups is 1. The molecular weight excluding hydrogens is 514 g/mol. The van der Waals surface area contributed by atoms with Crippen molar-refractivity contribution in [1.82, 2.24) is 20.6 Å². The van der Waals surface area contributed by atoms with Gasteiger partial charge in [-0.1, -0.05) is 75.2 Å². The standard InChI is InChI=1S/C22H17BrClN5O2S/c1-12-8-13-6-7-15(23)9-16(13)20(31)19(12)21-26-22(29-28-21)32-11-18(30)27-25-10-14-4-2-3-5-17(14)24/h2-10,19H,11H2,1H3,(H,27,30)(H,26,28,29)/b25-10+. The van der Waals surface area contributed by atoms with Crippen molar-refractivity contribution in [2.24, 2.45) is 5.10 Å². The quantitative estimate of drug-likeness (QED) is 0.270. The maximum absolute atomic E-state index is 13.1. The fourth-order valence-electron chi connectivity index (χ4n) is 3.27. The molecule has 4 rings (SSSR count). The summed E-state index contributed by atoms with van der Waals surface area (Å²) in [6.07, 6.45) is 3.46. The third-order valence-electron chi connectivity index (χ3n) is 4.77. The van der Waals surface area contributed by atoms with E-state index in [1.54, 1.807) is 12.1 Å². The molecule has 10 heteroatoms. The Morgan fingerprint density at radius 3 is 2.97 bits per heavy atom. The Labute approximate surface area is 201 Å². The van der Waals surface area contributed by atoms with Crippen molar-refractivity contribution >= 4 is 63.3 Å². The smallest absolute Gasteiger partial charge is 0.250 e. The number of benzene rings is 2. The van der Waals surface area contributed by atoms with E-state index in [-0.39, 0.29) is 17.4 Å². The van der Waals surface area contributed by atoms with Gasteiger partial charge in [-0.2, -0.15) is 5.10 Å². The highest BCUT2D eigenvalue weighted by molar-refractivity contribution is 9.10. The predicted molar refractivity (Wildman–Crippen MR) is 129 cm³/mol. The Kier molecular flexibility index (Phi) is 6.88. The number of aromatic amines is 1. The number of ketones is 1. The van der Waals surface area contributed by atoms with Gasteiger partial charge in [-0.25, -0.2) is 10.4 Å². The van der Waals surface area contributed by atoms with Crippen LogP contribution in [0.1, 0.15) is 40.2 Å². The molecule has 2 aromatic carbocycles. The van der Waals surface area contributed by atoms with Crippen molar-refractivity contribution in [2.75, 3.05) is 5.75 Å². The zero-order valence-electron chi connectivity index (χ0n) is 16.8. The normalized spacial score (nSPS) is 15.5. The third-order valence-corrected chi connectivity index (χ3v) is 6.45. The summed E-state index contributed by atoms with van der Waals surface area (Å²) in [5, 5.41) is 11.8. The molecule has 1 aliphatic rings. The van der Waals surface area contributed by atoms with E-state index in [4.69, 9.17) is 11.6 Å². The summed E-state index contributed by atoms with van der Waals surface area (Å²) in [4.78, 5) is 29.6. The van der Waals surface area contributed by atoms with Gasteiger partial charge in [-0.05, 0) is 30.7 Å². The summed E-state index contributed by atoms with van der Waals surface area (Å²) in [5.41, 5.74) is 5.55. The average Bonchev–Trinajstić information content (AvgIpc) is 3.23. The molecule has 0 fully saturated rings. The predicted octanol–water partition coefficient (Wildman–Crippen LogP) is 4.85. The van der Waals surface area contributed by atoms with Crippen LogP contribution in [0.2, 0.25) is 5.02 Å². The lowest BCUT2D eigenvalue weighted by Gasteiger charge is -2.21. The van der Waals surface area contributed by atoms with E-state index in [1.807, 2.05) is 43.3 Å². The van der Waals surface area contributed by atoms with Gasteiger partial charge in [0, 0.05) is 20.6 Å². The van der Waals surface area contributed by atoms with Crippen molar-refractivity contribution < 1.29 is 9.59 Å². The summed E-state index contributed by atoms with van der Waals surface area (Å²) < 4.78 is 0.841. The third kappa shape index (κ3) is 5.01. The van der Waals surface area contributed by atoms with Crippen LogP contribution in [0.3, 0.4) is 0 Å². The van der Waals surface area contributed by atoms with Gasteiger partial charge in [0.25, 0.3) is 5.91 Å². The highest BCUT2D eigenvalue weighted by atomic mass is 79.9. The zero-order valence-corrected chi connectivity index (χ0v) is 20.0. The van der Waals surface area contributed by atoms with Crippen LogP contribution < -0.4 is 5.43 Å². The van der Waals surface area contributed by atoms with Gasteiger partial charge in [-0.15, -0.1) is 5.10 Å². The van der Waals surface area contributed by atoms with Gasteiger partial charge in [-0.3, -0.25) is 14.7 Å². The second-order valence-electron chi connectivity index (χ2n) is 7.02. The van der Waals surface area contributed by atoms with Gasteiger partial charge in [0.15, 0.2) is 5.78 Å². The monoisotopic (exact) mass is 529 g/mol. The largest absolute Gasteiger partial charge is 0.293 e. The molecule has 7 nitrogen and oxygen atoms in total. The number of carbonyl (C=O) groups excluding carboxylic acids is 2. The van der Waals surface area contributed by atoms with Gasteiger partial charge < -0.3 is 0 Å². The number of carbonyl (C=O) groups is 2. The first-order valence-electron chi connectivity index (χ1n) is 9.56. The van der Waals surface area contributed by atoms with Gasteiger partial charge >= 0.3 is 0 Å². The number of allylic oxidation sites excluding steroid dienone is 1. The molecule has 0 saturated carbocycles. The molecule has 2 N–H and O–H groups in total. The van der Waals surface area contributed by atoms with E-state index in [0.717, 1.165) is 27.4 Å². The van der Waals surface area contributed by atoms with Crippen molar-refractivity contribution in [2.45, 2.75) is 18.0 Å². The molecule has 1 amide bonds. The first-order chi connectivity index (χ1) is 15.4. The molecule has 0 radical (unpaired) electrons. The molecule has 1 unspecified atom stereocenters. The van der Waals surface area contributed by atoms with Crippen LogP contribution in [-0.4, -0.2) is 38.8 Å². The Morgan fingerprint density at radius 1 is 1.34 bits per heavy atom. The first kappa shape index (κ1) is 22.4. The molecule has 1 atom stereocenters. The summed E-state index contributed by atoms with van der Waals surface area (Å²) in [6.45, 7) is 1.90. The Balaban J connectivity index is 1.37. The highest BCUT2D eigenvalue weighted by Crippen LogP contribution is 2.35. The van der Waals surface area contributed by atoms with Crippen LogP contribution in [0.15, 0.2) is 62.8 Å². The number of hydrogen-bond donors (Lipinski definition) is 2. The van der Waals surface area contributed by atoms with Crippen LogP contribution in [0.4, 0.5) is 0 Å². The summed E-state index contributed by atoms with van der Waals surface area (Å²) in [6, 6.07) is 12.8. The molecule has 0 saturated heterocycles. The number of rotatable bonds is 6. The lowest BCUT2D eigenvalue weighted by Crippen LogP contribution is -2.20. The second kappa shape index (κ2) is 9.81. The average molecular weight is 531 g/mol. The topological polar surface area (TPSA) is 100 Å². The minimum atomic E-state index is -0.535. The van der Waals surface area contributed by atoms with E-state index in [1.165, 1.54) is 6.21 Å². The van der Waals surface area contributed by atoms with E-state index in [2.05, 4.69) is 41.6 Å². The fourth-order valence-corrected chi connectivity index (χ4v) is 4.41. The van der Waals surface area contributed by atoms with E-state index in [9.17, 15) is 9.59 Å². The Morgan fingerprint density at radius 2 is 2.16 bits per heavy atom. The van der Waals surface area contributed by atoms with Crippen LogP contribution >= 0.6 is 39.3 Å². The van der Waals surface area contributed by atoms with Crippen LogP contribution in [-0.2, 0) is 4.79 Å². The summed E-state index contributed by atoms with van der Waals surface area (Å²) >= 11 is 10.6. The molecule has 1 aliphatic carbocycles. The maximum Gasteiger partial charge on any atom is 0.250 e. The second-order valence-corrected chi connectivity index (χ2v) is 9.29. The minimum absolute atomic E-state index is 0.0411. The molecule has 1 heterocycles. The van der Waals surface area contributed by atoms with Crippen LogP contribution in [0.25, 0.3) is 6.08 Å². The number of H-pyrrole nitrogens is 1. The van der Waals surface area contributed by atoms with Gasteiger partial charge in [0.05, 0.1) is 12.0 Å². The van der Waals surface area contributed by atoms with Crippen molar-refractivity contribution in [1.29, 1.82) is 0 Å². The van der Waals surface area contributed by atoms with Crippen LogP contribution in [0.5, 0.6) is 0 Å². The molecule has 162 valence electrons. The summed E-state index contributed by atoms with van der Waals surface area (Å²) in [5.74, 6) is -0.365. The Hall–Kier alpha value is -2.75. The Bertz CT molecular complexity index is 1260. The number of fused-ring (bicyclic) bond motifs is 1. The maximum atomic E-state index is 13.1.